The van der Waals surface area contributed by atoms with Crippen LogP contribution in [0, 0.1) is 23.8 Å². The molecule has 0 fully saturated rings. The summed E-state index contributed by atoms with van der Waals surface area (Å²) in [7, 11) is 3.12. The zero-order valence-corrected chi connectivity index (χ0v) is 19.4. The Morgan fingerprint density at radius 1 is 1.12 bits per heavy atom. The van der Waals surface area contributed by atoms with Crippen molar-refractivity contribution in [2.75, 3.05) is 19.5 Å². The number of carbonyl (C=O) groups excluding carboxylic acids is 1. The predicted molar refractivity (Wildman–Crippen MR) is 126 cm³/mol. The van der Waals surface area contributed by atoms with E-state index in [1.165, 1.54) is 0 Å². The second kappa shape index (κ2) is 11.0. The van der Waals surface area contributed by atoms with Crippen LogP contribution in [0.2, 0.25) is 0 Å². The number of methoxy groups -OCH3 is 2. The van der Waals surface area contributed by atoms with E-state index < -0.39 is 11.6 Å². The van der Waals surface area contributed by atoms with Gasteiger partial charge in [-0.25, -0.2) is 4.99 Å². The van der Waals surface area contributed by atoms with Gasteiger partial charge in [0.1, 0.15) is 6.17 Å². The molecule has 0 radical (unpaired) electrons. The van der Waals surface area contributed by atoms with Crippen LogP contribution in [0.3, 0.4) is 0 Å². The average Bonchev–Trinajstić information content (AvgIpc) is 2.74. The number of amides is 1. The lowest BCUT2D eigenvalue weighted by Crippen LogP contribution is -2.45. The number of para-hydroxylation sites is 1. The highest BCUT2D eigenvalue weighted by Crippen LogP contribution is 2.28. The minimum atomic E-state index is -0.581. The Labute approximate surface area is 189 Å². The molecule has 2 rings (SSSR count). The number of anilines is 1. The van der Waals surface area contributed by atoms with Gasteiger partial charge in [-0.2, -0.15) is 5.26 Å². The quantitative estimate of drug-likeness (QED) is 0.264. The van der Waals surface area contributed by atoms with E-state index in [1.54, 1.807) is 26.4 Å². The van der Waals surface area contributed by atoms with Gasteiger partial charge in [0.05, 0.1) is 20.6 Å². The van der Waals surface area contributed by atoms with Gasteiger partial charge in [0, 0.05) is 11.1 Å². The maximum atomic E-state index is 12.8. The van der Waals surface area contributed by atoms with Gasteiger partial charge in [-0.15, -0.1) is 0 Å². The highest BCUT2D eigenvalue weighted by molar-refractivity contribution is 5.95. The standard InChI is InChI=1S/C24H31N5O3/c1-16-9-7-8-10-18(16)27-23(26-15-25)29-22(24(2,3)4)28-21(30)14-17-11-12-19(31-5)20(13-17)32-6/h7-13,22H,14H2,1-6H3,(H,28,30)(H2,26,27,29)/t22-/m0/s1. The fourth-order valence-corrected chi connectivity index (χ4v) is 2.94. The van der Waals surface area contributed by atoms with Crippen LogP contribution in [-0.2, 0) is 11.2 Å². The molecule has 0 aliphatic heterocycles. The molecule has 0 heterocycles. The van der Waals surface area contributed by atoms with E-state index in [4.69, 9.17) is 9.47 Å². The second-order valence-corrected chi connectivity index (χ2v) is 8.36. The zero-order chi connectivity index (χ0) is 23.7. The number of hydrogen-bond acceptors (Lipinski definition) is 5. The Bertz CT molecular complexity index is 1010. The Kier molecular flexibility index (Phi) is 8.47. The van der Waals surface area contributed by atoms with E-state index in [9.17, 15) is 10.1 Å². The molecular formula is C24H31N5O3. The lowest BCUT2D eigenvalue weighted by Gasteiger charge is -2.29. The molecule has 3 N–H and O–H groups in total. The van der Waals surface area contributed by atoms with Crippen LogP contribution < -0.4 is 25.4 Å². The molecule has 2 aromatic rings. The van der Waals surface area contributed by atoms with Crippen LogP contribution in [0.4, 0.5) is 5.69 Å². The maximum Gasteiger partial charge on any atom is 0.226 e. The molecule has 0 aliphatic carbocycles. The molecule has 0 bridgehead atoms. The van der Waals surface area contributed by atoms with Crippen LogP contribution >= 0.6 is 0 Å². The number of nitrogens with zero attached hydrogens (tertiary/aromatic N) is 2. The third-order valence-corrected chi connectivity index (χ3v) is 4.76. The van der Waals surface area contributed by atoms with Gasteiger partial charge in [0.2, 0.25) is 11.9 Å². The lowest BCUT2D eigenvalue weighted by atomic mass is 9.92. The molecule has 0 saturated carbocycles. The number of aliphatic imine (C=N–C) groups is 1. The molecule has 1 atom stereocenters. The number of hydrogen-bond donors (Lipinski definition) is 3. The summed E-state index contributed by atoms with van der Waals surface area (Å²) in [6.07, 6.45) is 1.47. The van der Waals surface area contributed by atoms with Crippen molar-refractivity contribution in [1.82, 2.24) is 10.6 Å². The van der Waals surface area contributed by atoms with Crippen LogP contribution in [-0.4, -0.2) is 32.3 Å². The SMILES string of the molecule is COc1ccc(CC(=O)N[C@@H](/N=C(\NC#N)Nc2ccccc2C)C(C)(C)C)cc1OC. The lowest BCUT2D eigenvalue weighted by molar-refractivity contribution is -0.121. The summed E-state index contributed by atoms with van der Waals surface area (Å²) in [4.78, 5) is 17.4. The van der Waals surface area contributed by atoms with Crippen molar-refractivity contribution in [2.24, 2.45) is 10.4 Å². The molecular weight excluding hydrogens is 406 g/mol. The fraction of sp³-hybridized carbons (Fsp3) is 0.375. The average molecular weight is 438 g/mol. The van der Waals surface area contributed by atoms with Gasteiger partial charge in [-0.3, -0.25) is 10.1 Å². The molecule has 0 spiro atoms. The monoisotopic (exact) mass is 437 g/mol. The Balaban J connectivity index is 2.22. The topological polar surface area (TPSA) is 108 Å². The Morgan fingerprint density at radius 2 is 1.81 bits per heavy atom. The summed E-state index contributed by atoms with van der Waals surface area (Å²) in [5.74, 6) is 1.22. The number of aryl methyl sites for hydroxylation is 1. The number of nitriles is 1. The molecule has 2 aromatic carbocycles. The van der Waals surface area contributed by atoms with E-state index in [0.29, 0.717) is 11.5 Å². The first kappa shape index (κ1) is 24.5. The molecule has 32 heavy (non-hydrogen) atoms. The largest absolute Gasteiger partial charge is 0.493 e. The number of carbonyl (C=O) groups is 1. The summed E-state index contributed by atoms with van der Waals surface area (Å²) in [5, 5.41) is 17.9. The predicted octanol–water partition coefficient (Wildman–Crippen LogP) is 3.58. The van der Waals surface area contributed by atoms with Gasteiger partial charge in [0.15, 0.2) is 17.7 Å². The molecule has 170 valence electrons. The Morgan fingerprint density at radius 3 is 2.41 bits per heavy atom. The van der Waals surface area contributed by atoms with Crippen molar-refractivity contribution in [3.63, 3.8) is 0 Å². The molecule has 0 aliphatic rings. The van der Waals surface area contributed by atoms with Crippen LogP contribution in [0.5, 0.6) is 11.5 Å². The number of rotatable bonds is 7. The summed E-state index contributed by atoms with van der Waals surface area (Å²) < 4.78 is 10.6. The first-order valence-corrected chi connectivity index (χ1v) is 10.2. The van der Waals surface area contributed by atoms with Gasteiger partial charge in [-0.1, -0.05) is 45.0 Å². The van der Waals surface area contributed by atoms with E-state index in [2.05, 4.69) is 20.9 Å². The molecule has 0 unspecified atom stereocenters. The first-order chi connectivity index (χ1) is 15.2. The van der Waals surface area contributed by atoms with Gasteiger partial charge in [0.25, 0.3) is 0 Å². The van der Waals surface area contributed by atoms with E-state index in [0.717, 1.165) is 16.8 Å². The second-order valence-electron chi connectivity index (χ2n) is 8.36. The van der Waals surface area contributed by atoms with Crippen molar-refractivity contribution in [3.05, 3.63) is 53.6 Å². The summed E-state index contributed by atoms with van der Waals surface area (Å²) >= 11 is 0. The van der Waals surface area contributed by atoms with Crippen molar-refractivity contribution >= 4 is 17.6 Å². The fourth-order valence-electron chi connectivity index (χ4n) is 2.94. The molecule has 8 heteroatoms. The number of benzene rings is 2. The number of ether oxygens (including phenoxy) is 2. The summed E-state index contributed by atoms with van der Waals surface area (Å²) in [6, 6.07) is 13.0. The van der Waals surface area contributed by atoms with Crippen LogP contribution in [0.15, 0.2) is 47.5 Å². The molecule has 0 saturated heterocycles. The van der Waals surface area contributed by atoms with Crippen LogP contribution in [0.25, 0.3) is 0 Å². The van der Waals surface area contributed by atoms with Crippen molar-refractivity contribution in [3.8, 4) is 17.7 Å². The highest BCUT2D eigenvalue weighted by atomic mass is 16.5. The van der Waals surface area contributed by atoms with E-state index in [-0.39, 0.29) is 18.3 Å². The third-order valence-electron chi connectivity index (χ3n) is 4.76. The van der Waals surface area contributed by atoms with Gasteiger partial charge >= 0.3 is 0 Å². The number of guanidine groups is 1. The minimum Gasteiger partial charge on any atom is -0.493 e. The van der Waals surface area contributed by atoms with E-state index in [1.807, 2.05) is 64.2 Å². The highest BCUT2D eigenvalue weighted by Gasteiger charge is 2.27. The Hall–Kier alpha value is -3.73. The first-order valence-electron chi connectivity index (χ1n) is 10.2. The van der Waals surface area contributed by atoms with Crippen molar-refractivity contribution < 1.29 is 14.3 Å². The molecule has 1 amide bonds. The molecule has 0 aromatic heterocycles. The maximum absolute atomic E-state index is 12.8. The smallest absolute Gasteiger partial charge is 0.226 e. The zero-order valence-electron chi connectivity index (χ0n) is 19.4. The van der Waals surface area contributed by atoms with Crippen molar-refractivity contribution in [1.29, 1.82) is 5.26 Å². The van der Waals surface area contributed by atoms with Gasteiger partial charge in [-0.05, 0) is 36.2 Å². The summed E-state index contributed by atoms with van der Waals surface area (Å²) in [5.41, 5.74) is 2.21. The third kappa shape index (κ3) is 6.91. The summed E-state index contributed by atoms with van der Waals surface area (Å²) in [6.45, 7) is 7.86. The van der Waals surface area contributed by atoms with Crippen molar-refractivity contribution in [2.45, 2.75) is 40.3 Å². The van der Waals surface area contributed by atoms with Gasteiger partial charge < -0.3 is 20.1 Å². The normalized spacial score (nSPS) is 12.3. The van der Waals surface area contributed by atoms with Crippen LogP contribution in [0.1, 0.15) is 31.9 Å². The minimum absolute atomic E-state index is 0.148. The van der Waals surface area contributed by atoms with E-state index >= 15 is 0 Å². The number of nitrogens with one attached hydrogen (secondary N) is 3. The molecule has 8 nitrogen and oxygen atoms in total.